The second kappa shape index (κ2) is 9.81. The van der Waals surface area contributed by atoms with Crippen molar-refractivity contribution in [3.8, 4) is 5.75 Å². The maximum Gasteiger partial charge on any atom is 0.223 e. The van der Waals surface area contributed by atoms with Gasteiger partial charge in [0.2, 0.25) is 15.9 Å². The molecular formula is C22H27ClN2O4S. The number of amides is 1. The van der Waals surface area contributed by atoms with Gasteiger partial charge in [-0.15, -0.1) is 0 Å². The Balaban J connectivity index is 1.57. The van der Waals surface area contributed by atoms with E-state index in [0.717, 1.165) is 11.3 Å². The number of halogens is 1. The first-order chi connectivity index (χ1) is 14.3. The van der Waals surface area contributed by atoms with Gasteiger partial charge in [0.1, 0.15) is 5.75 Å². The van der Waals surface area contributed by atoms with Crippen LogP contribution in [-0.2, 0) is 20.6 Å². The minimum atomic E-state index is -3.48. The Morgan fingerprint density at radius 3 is 2.47 bits per heavy atom. The molecule has 162 valence electrons. The molecule has 0 saturated carbocycles. The van der Waals surface area contributed by atoms with Crippen LogP contribution < -0.4 is 10.1 Å². The minimum absolute atomic E-state index is 0.0587. The van der Waals surface area contributed by atoms with Gasteiger partial charge in [-0.3, -0.25) is 4.79 Å². The van der Waals surface area contributed by atoms with E-state index < -0.39 is 10.0 Å². The standard InChI is InChI=1S/C22H27ClN2O4S/c1-16(19-8-4-6-10-21(19)29-2)24-22(26)17-11-13-25(14-12-17)30(27,28)15-18-7-3-5-9-20(18)23/h3-10,16-17H,11-15H2,1-2H3,(H,24,26). The first-order valence-electron chi connectivity index (χ1n) is 9.96. The fourth-order valence-corrected chi connectivity index (χ4v) is 5.61. The van der Waals surface area contributed by atoms with E-state index in [-0.39, 0.29) is 23.6 Å². The number of sulfonamides is 1. The molecule has 6 nitrogen and oxygen atoms in total. The number of hydrogen-bond acceptors (Lipinski definition) is 4. The number of carbonyl (C=O) groups is 1. The van der Waals surface area contributed by atoms with Crippen molar-refractivity contribution < 1.29 is 17.9 Å². The molecule has 8 heteroatoms. The molecule has 3 rings (SSSR count). The third kappa shape index (κ3) is 5.33. The molecule has 0 spiro atoms. The highest BCUT2D eigenvalue weighted by atomic mass is 35.5. The largest absolute Gasteiger partial charge is 0.496 e. The number of methoxy groups -OCH3 is 1. The Morgan fingerprint density at radius 1 is 1.17 bits per heavy atom. The topological polar surface area (TPSA) is 75.7 Å². The summed E-state index contributed by atoms with van der Waals surface area (Å²) in [5.74, 6) is 0.324. The van der Waals surface area contributed by atoms with Crippen molar-refractivity contribution in [2.45, 2.75) is 31.6 Å². The number of para-hydroxylation sites is 1. The maximum atomic E-state index is 12.8. The van der Waals surface area contributed by atoms with Crippen LogP contribution in [0, 0.1) is 5.92 Å². The molecule has 1 saturated heterocycles. The number of hydrogen-bond donors (Lipinski definition) is 1. The van der Waals surface area contributed by atoms with E-state index in [2.05, 4.69) is 5.32 Å². The molecule has 1 unspecified atom stereocenters. The van der Waals surface area contributed by atoms with E-state index in [1.165, 1.54) is 4.31 Å². The fraction of sp³-hybridized carbons (Fsp3) is 0.409. The van der Waals surface area contributed by atoms with Crippen molar-refractivity contribution in [2.75, 3.05) is 20.2 Å². The monoisotopic (exact) mass is 450 g/mol. The lowest BCUT2D eigenvalue weighted by Gasteiger charge is -2.31. The molecule has 1 aliphatic rings. The van der Waals surface area contributed by atoms with Crippen molar-refractivity contribution in [3.05, 3.63) is 64.7 Å². The normalized spacial score (nSPS) is 16.8. The maximum absolute atomic E-state index is 12.8. The second-order valence-electron chi connectivity index (χ2n) is 7.49. The van der Waals surface area contributed by atoms with Gasteiger partial charge in [-0.05, 0) is 37.5 Å². The van der Waals surface area contributed by atoms with Crippen LogP contribution in [0.4, 0.5) is 0 Å². The highest BCUT2D eigenvalue weighted by molar-refractivity contribution is 7.88. The molecule has 0 aliphatic carbocycles. The molecule has 1 aliphatic heterocycles. The van der Waals surface area contributed by atoms with Gasteiger partial charge >= 0.3 is 0 Å². The van der Waals surface area contributed by atoms with Gasteiger partial charge in [-0.2, -0.15) is 0 Å². The third-order valence-electron chi connectivity index (χ3n) is 5.48. The summed E-state index contributed by atoms with van der Waals surface area (Å²) >= 11 is 6.11. The summed E-state index contributed by atoms with van der Waals surface area (Å²) in [4.78, 5) is 12.7. The zero-order chi connectivity index (χ0) is 21.7. The molecule has 30 heavy (non-hydrogen) atoms. The van der Waals surface area contributed by atoms with Crippen LogP contribution in [0.15, 0.2) is 48.5 Å². The number of ether oxygens (including phenoxy) is 1. The van der Waals surface area contributed by atoms with Gasteiger partial charge in [0.15, 0.2) is 0 Å². The summed E-state index contributed by atoms with van der Waals surface area (Å²) in [5.41, 5.74) is 1.50. The summed E-state index contributed by atoms with van der Waals surface area (Å²) in [5, 5.41) is 3.48. The third-order valence-corrected chi connectivity index (χ3v) is 7.67. The molecule has 0 aromatic heterocycles. The smallest absolute Gasteiger partial charge is 0.223 e. The second-order valence-corrected chi connectivity index (χ2v) is 9.87. The lowest BCUT2D eigenvalue weighted by atomic mass is 9.96. The predicted molar refractivity (Wildman–Crippen MR) is 118 cm³/mol. The molecule has 2 aromatic rings. The van der Waals surface area contributed by atoms with E-state index in [1.807, 2.05) is 31.2 Å². The first-order valence-corrected chi connectivity index (χ1v) is 11.9. The summed E-state index contributed by atoms with van der Waals surface area (Å²) < 4.78 is 32.4. The lowest BCUT2D eigenvalue weighted by Crippen LogP contribution is -2.43. The summed E-state index contributed by atoms with van der Waals surface area (Å²) in [6.45, 7) is 2.57. The van der Waals surface area contributed by atoms with Gasteiger partial charge in [-0.1, -0.05) is 48.0 Å². The van der Waals surface area contributed by atoms with Gasteiger partial charge in [0, 0.05) is 29.6 Å². The number of benzene rings is 2. The Kier molecular flexibility index (Phi) is 7.39. The Morgan fingerprint density at radius 2 is 1.80 bits per heavy atom. The van der Waals surface area contributed by atoms with E-state index in [1.54, 1.807) is 31.4 Å². The molecule has 0 bridgehead atoms. The molecule has 1 heterocycles. The van der Waals surface area contributed by atoms with Gasteiger partial charge in [0.25, 0.3) is 0 Å². The molecule has 1 fully saturated rings. The minimum Gasteiger partial charge on any atom is -0.496 e. The first kappa shape index (κ1) is 22.6. The van der Waals surface area contributed by atoms with E-state index in [4.69, 9.17) is 16.3 Å². The Labute approximate surface area is 183 Å². The van der Waals surface area contributed by atoms with Crippen LogP contribution >= 0.6 is 11.6 Å². The van der Waals surface area contributed by atoms with Crippen LogP contribution in [0.25, 0.3) is 0 Å². The van der Waals surface area contributed by atoms with Gasteiger partial charge in [-0.25, -0.2) is 12.7 Å². The molecule has 1 amide bonds. The van der Waals surface area contributed by atoms with Crippen molar-refractivity contribution in [2.24, 2.45) is 5.92 Å². The van der Waals surface area contributed by atoms with E-state index in [9.17, 15) is 13.2 Å². The van der Waals surface area contributed by atoms with E-state index >= 15 is 0 Å². The SMILES string of the molecule is COc1ccccc1C(C)NC(=O)C1CCN(S(=O)(=O)Cc2ccccc2Cl)CC1. The molecule has 2 aromatic carbocycles. The molecular weight excluding hydrogens is 424 g/mol. The zero-order valence-electron chi connectivity index (χ0n) is 17.2. The van der Waals surface area contributed by atoms with Crippen LogP contribution in [-0.4, -0.2) is 38.8 Å². The highest BCUT2D eigenvalue weighted by Gasteiger charge is 2.32. The summed E-state index contributed by atoms with van der Waals surface area (Å²) in [6.07, 6.45) is 0.985. The number of nitrogens with zero attached hydrogens (tertiary/aromatic N) is 1. The zero-order valence-corrected chi connectivity index (χ0v) is 18.7. The summed E-state index contributed by atoms with van der Waals surface area (Å²) in [7, 11) is -1.88. The summed E-state index contributed by atoms with van der Waals surface area (Å²) in [6, 6.07) is 14.3. The fourth-order valence-electron chi connectivity index (χ4n) is 3.73. The van der Waals surface area contributed by atoms with E-state index in [0.29, 0.717) is 36.5 Å². The molecule has 0 radical (unpaired) electrons. The molecule has 1 N–H and O–H groups in total. The number of rotatable bonds is 7. The number of carbonyl (C=O) groups excluding carboxylic acids is 1. The lowest BCUT2D eigenvalue weighted by molar-refractivity contribution is -0.126. The van der Waals surface area contributed by atoms with Crippen molar-refractivity contribution in [1.82, 2.24) is 9.62 Å². The number of piperidine rings is 1. The Hall–Kier alpha value is -2.09. The van der Waals surface area contributed by atoms with Crippen molar-refractivity contribution in [3.63, 3.8) is 0 Å². The van der Waals surface area contributed by atoms with Crippen molar-refractivity contribution in [1.29, 1.82) is 0 Å². The Bertz CT molecular complexity index is 988. The number of nitrogens with one attached hydrogen (secondary N) is 1. The highest BCUT2D eigenvalue weighted by Crippen LogP contribution is 2.27. The van der Waals surface area contributed by atoms with Gasteiger partial charge < -0.3 is 10.1 Å². The average Bonchev–Trinajstić information content (AvgIpc) is 2.75. The quantitative estimate of drug-likeness (QED) is 0.696. The predicted octanol–water partition coefficient (Wildman–Crippen LogP) is 3.77. The van der Waals surface area contributed by atoms with Crippen LogP contribution in [0.2, 0.25) is 5.02 Å². The van der Waals surface area contributed by atoms with Crippen molar-refractivity contribution >= 4 is 27.5 Å². The average molecular weight is 451 g/mol. The molecule has 1 atom stereocenters. The van der Waals surface area contributed by atoms with Crippen LogP contribution in [0.1, 0.15) is 36.9 Å². The van der Waals surface area contributed by atoms with Crippen LogP contribution in [0.5, 0.6) is 5.75 Å². The van der Waals surface area contributed by atoms with Gasteiger partial charge in [0.05, 0.1) is 18.9 Å². The van der Waals surface area contributed by atoms with Crippen LogP contribution in [0.3, 0.4) is 0 Å².